The summed E-state index contributed by atoms with van der Waals surface area (Å²) in [7, 11) is 0. The Kier molecular flexibility index (Phi) is 5.58. The fourth-order valence-corrected chi connectivity index (χ4v) is 4.04. The fourth-order valence-electron chi connectivity index (χ4n) is 4.04. The molecule has 0 amide bonds. The van der Waals surface area contributed by atoms with Crippen molar-refractivity contribution in [2.24, 2.45) is 0 Å². The molecule has 3 nitrogen and oxygen atoms in total. The predicted molar refractivity (Wildman–Crippen MR) is 113 cm³/mol. The number of ether oxygens (including phenoxy) is 1. The van der Waals surface area contributed by atoms with Gasteiger partial charge in [0, 0.05) is 19.5 Å². The Balaban J connectivity index is 1.75. The van der Waals surface area contributed by atoms with Crippen molar-refractivity contribution in [3.8, 4) is 11.1 Å². The summed E-state index contributed by atoms with van der Waals surface area (Å²) in [5, 5.41) is 14.5. The number of aliphatic hydroxyl groups is 1. The number of hydrogen-bond acceptors (Lipinski definition) is 3. The maximum absolute atomic E-state index is 11.0. The summed E-state index contributed by atoms with van der Waals surface area (Å²) in [5.74, 6) is 0. The number of aliphatic hydroxyl groups excluding tert-OH is 1. The number of hydrogen-bond donors (Lipinski definition) is 2. The number of aryl methyl sites for hydroxylation is 1. The summed E-state index contributed by atoms with van der Waals surface area (Å²) in [5.41, 5.74) is 5.04. The molecule has 3 heteroatoms. The van der Waals surface area contributed by atoms with Gasteiger partial charge in [-0.2, -0.15) is 0 Å². The molecule has 0 spiro atoms. The van der Waals surface area contributed by atoms with Gasteiger partial charge in [-0.15, -0.1) is 0 Å². The molecular formula is C25H27NO2. The Labute approximate surface area is 167 Å². The number of benzene rings is 3. The summed E-state index contributed by atoms with van der Waals surface area (Å²) < 4.78 is 6.41. The van der Waals surface area contributed by atoms with Crippen LogP contribution in [0, 0.1) is 6.92 Å². The Morgan fingerprint density at radius 2 is 1.68 bits per heavy atom. The molecule has 2 atom stereocenters. The van der Waals surface area contributed by atoms with E-state index in [2.05, 4.69) is 60.8 Å². The van der Waals surface area contributed by atoms with Gasteiger partial charge in [0.05, 0.1) is 12.7 Å². The molecule has 3 aromatic rings. The van der Waals surface area contributed by atoms with E-state index in [1.807, 2.05) is 30.3 Å². The third-order valence-electron chi connectivity index (χ3n) is 5.56. The lowest BCUT2D eigenvalue weighted by atomic mass is 9.81. The minimum absolute atomic E-state index is 0.507. The third kappa shape index (κ3) is 3.88. The molecule has 4 rings (SSSR count). The Morgan fingerprint density at radius 1 is 0.964 bits per heavy atom. The first-order valence-corrected chi connectivity index (χ1v) is 9.92. The summed E-state index contributed by atoms with van der Waals surface area (Å²) in [6, 6.07) is 26.8. The summed E-state index contributed by atoms with van der Waals surface area (Å²) >= 11 is 0. The second kappa shape index (κ2) is 8.27. The molecule has 1 aliphatic heterocycles. The lowest BCUT2D eigenvalue weighted by molar-refractivity contribution is -0.0972. The predicted octanol–water partition coefficient (Wildman–Crippen LogP) is 4.60. The van der Waals surface area contributed by atoms with Crippen LogP contribution in [0.2, 0.25) is 0 Å². The molecule has 2 unspecified atom stereocenters. The van der Waals surface area contributed by atoms with E-state index in [1.165, 1.54) is 11.1 Å². The topological polar surface area (TPSA) is 41.5 Å². The average Bonchev–Trinajstić information content (AvgIpc) is 2.75. The minimum Gasteiger partial charge on any atom is -0.388 e. The molecule has 2 N–H and O–H groups in total. The van der Waals surface area contributed by atoms with Crippen LogP contribution in [0.1, 0.15) is 29.2 Å². The van der Waals surface area contributed by atoms with Crippen molar-refractivity contribution in [2.75, 3.05) is 19.7 Å². The third-order valence-corrected chi connectivity index (χ3v) is 5.56. The Bertz CT molecular complexity index is 899. The van der Waals surface area contributed by atoms with Gasteiger partial charge in [0.25, 0.3) is 0 Å². The van der Waals surface area contributed by atoms with E-state index >= 15 is 0 Å². The summed E-state index contributed by atoms with van der Waals surface area (Å²) in [4.78, 5) is 0. The second-order valence-electron chi connectivity index (χ2n) is 7.56. The van der Waals surface area contributed by atoms with E-state index < -0.39 is 11.7 Å². The highest BCUT2D eigenvalue weighted by Gasteiger charge is 2.39. The summed E-state index contributed by atoms with van der Waals surface area (Å²) in [6.07, 6.45) is -0.0837. The van der Waals surface area contributed by atoms with E-state index in [0.717, 1.165) is 23.2 Å². The van der Waals surface area contributed by atoms with Crippen LogP contribution in [0.25, 0.3) is 11.1 Å². The molecule has 0 aliphatic carbocycles. The van der Waals surface area contributed by atoms with Crippen LogP contribution in [-0.4, -0.2) is 24.8 Å². The van der Waals surface area contributed by atoms with Gasteiger partial charge in [-0.05, 0) is 29.2 Å². The molecule has 28 heavy (non-hydrogen) atoms. The van der Waals surface area contributed by atoms with Crippen molar-refractivity contribution < 1.29 is 9.84 Å². The normalized spacial score (nSPS) is 20.6. The molecule has 1 fully saturated rings. The molecule has 0 bridgehead atoms. The van der Waals surface area contributed by atoms with E-state index in [1.54, 1.807) is 0 Å². The Hall–Kier alpha value is -2.46. The second-order valence-corrected chi connectivity index (χ2v) is 7.56. The van der Waals surface area contributed by atoms with Gasteiger partial charge in [0.15, 0.2) is 0 Å². The molecule has 1 aliphatic rings. The summed E-state index contributed by atoms with van der Waals surface area (Å²) in [6.45, 7) is 4.24. The molecule has 3 aromatic carbocycles. The Morgan fingerprint density at radius 3 is 2.39 bits per heavy atom. The first-order chi connectivity index (χ1) is 13.7. The van der Waals surface area contributed by atoms with Crippen molar-refractivity contribution in [3.05, 3.63) is 95.6 Å². The van der Waals surface area contributed by atoms with Gasteiger partial charge in [0.2, 0.25) is 0 Å². The lowest BCUT2D eigenvalue weighted by Gasteiger charge is -2.41. The molecule has 0 saturated carbocycles. The van der Waals surface area contributed by atoms with Crippen molar-refractivity contribution in [1.29, 1.82) is 0 Å². The molecular weight excluding hydrogens is 346 g/mol. The largest absolute Gasteiger partial charge is 0.388 e. The lowest BCUT2D eigenvalue weighted by Crippen LogP contribution is -2.48. The minimum atomic E-state index is -0.591. The van der Waals surface area contributed by atoms with E-state index in [9.17, 15) is 5.11 Å². The first-order valence-electron chi connectivity index (χ1n) is 9.92. The van der Waals surface area contributed by atoms with Crippen molar-refractivity contribution in [2.45, 2.75) is 25.0 Å². The molecule has 0 radical (unpaired) electrons. The molecule has 0 aromatic heterocycles. The van der Waals surface area contributed by atoms with E-state index in [0.29, 0.717) is 19.6 Å². The van der Waals surface area contributed by atoms with Gasteiger partial charge in [-0.1, -0.05) is 84.4 Å². The van der Waals surface area contributed by atoms with Crippen LogP contribution in [0.5, 0.6) is 0 Å². The van der Waals surface area contributed by atoms with E-state index in [-0.39, 0.29) is 0 Å². The van der Waals surface area contributed by atoms with Crippen LogP contribution in [0.15, 0.2) is 78.9 Å². The van der Waals surface area contributed by atoms with Crippen molar-refractivity contribution >= 4 is 0 Å². The van der Waals surface area contributed by atoms with Gasteiger partial charge in [-0.3, -0.25) is 0 Å². The van der Waals surface area contributed by atoms with Crippen molar-refractivity contribution in [1.82, 2.24) is 5.32 Å². The van der Waals surface area contributed by atoms with Gasteiger partial charge in [-0.25, -0.2) is 0 Å². The SMILES string of the molecule is Cc1ccc(-c2ccccc2C2(CC(O)c3ccccc3)CNCCO2)cc1. The van der Waals surface area contributed by atoms with Crippen LogP contribution >= 0.6 is 0 Å². The van der Waals surface area contributed by atoms with Crippen LogP contribution in [0.4, 0.5) is 0 Å². The quantitative estimate of drug-likeness (QED) is 0.687. The first kappa shape index (κ1) is 18.9. The zero-order valence-electron chi connectivity index (χ0n) is 16.3. The number of nitrogens with one attached hydrogen (secondary N) is 1. The standard InChI is InChI=1S/C25H27NO2/c1-19-11-13-20(14-12-19)22-9-5-6-10-23(22)25(18-26-15-16-28-25)17-24(27)21-7-3-2-4-8-21/h2-14,24,26-27H,15-18H2,1H3. The fraction of sp³-hybridized carbons (Fsp3) is 0.280. The van der Waals surface area contributed by atoms with Crippen LogP contribution in [0.3, 0.4) is 0 Å². The maximum Gasteiger partial charge on any atom is 0.109 e. The van der Waals surface area contributed by atoms with Crippen LogP contribution in [-0.2, 0) is 10.3 Å². The maximum atomic E-state index is 11.0. The smallest absolute Gasteiger partial charge is 0.109 e. The highest BCUT2D eigenvalue weighted by Crippen LogP contribution is 2.41. The van der Waals surface area contributed by atoms with Crippen molar-refractivity contribution in [3.63, 3.8) is 0 Å². The highest BCUT2D eigenvalue weighted by molar-refractivity contribution is 5.69. The molecule has 144 valence electrons. The number of rotatable bonds is 5. The molecule has 1 heterocycles. The number of morpholine rings is 1. The molecule has 1 saturated heterocycles. The van der Waals surface area contributed by atoms with Crippen LogP contribution < -0.4 is 5.32 Å². The zero-order chi connectivity index (χ0) is 19.4. The van der Waals surface area contributed by atoms with E-state index in [4.69, 9.17) is 4.74 Å². The van der Waals surface area contributed by atoms with Gasteiger partial charge in [0.1, 0.15) is 5.60 Å². The zero-order valence-corrected chi connectivity index (χ0v) is 16.3. The highest BCUT2D eigenvalue weighted by atomic mass is 16.5. The average molecular weight is 373 g/mol. The van der Waals surface area contributed by atoms with Gasteiger partial charge >= 0.3 is 0 Å². The van der Waals surface area contributed by atoms with Gasteiger partial charge < -0.3 is 15.2 Å². The monoisotopic (exact) mass is 373 g/mol.